The number of anilines is 1. The maximum absolute atomic E-state index is 13.0. The van der Waals surface area contributed by atoms with Crippen molar-refractivity contribution in [1.82, 2.24) is 24.5 Å². The highest BCUT2D eigenvalue weighted by atomic mass is 16.2. The SMILES string of the molecule is CN(C(=O)c1cnn2cccnc12)[C@H]1CCCN(c2ccccn2)C1. The lowest BCUT2D eigenvalue weighted by Gasteiger charge is -2.38. The number of hydrogen-bond donors (Lipinski definition) is 0. The molecule has 0 radical (unpaired) electrons. The van der Waals surface area contributed by atoms with Crippen molar-refractivity contribution in [3.05, 3.63) is 54.6 Å². The van der Waals surface area contributed by atoms with E-state index < -0.39 is 0 Å². The number of likely N-dealkylation sites (N-methyl/N-ethyl adjacent to an activating group) is 1. The zero-order valence-corrected chi connectivity index (χ0v) is 14.1. The van der Waals surface area contributed by atoms with Crippen molar-refractivity contribution in [1.29, 1.82) is 0 Å². The zero-order valence-electron chi connectivity index (χ0n) is 14.1. The lowest BCUT2D eigenvalue weighted by molar-refractivity contribution is 0.0719. The van der Waals surface area contributed by atoms with Crippen LogP contribution in [0, 0.1) is 0 Å². The Balaban J connectivity index is 1.53. The summed E-state index contributed by atoms with van der Waals surface area (Å²) in [5.74, 6) is 0.923. The summed E-state index contributed by atoms with van der Waals surface area (Å²) in [6.07, 6.45) is 8.89. The van der Waals surface area contributed by atoms with Crippen LogP contribution < -0.4 is 4.90 Å². The van der Waals surface area contributed by atoms with Crippen molar-refractivity contribution in [2.24, 2.45) is 0 Å². The van der Waals surface area contributed by atoms with Crippen LogP contribution >= 0.6 is 0 Å². The monoisotopic (exact) mass is 336 g/mol. The molecule has 1 saturated heterocycles. The summed E-state index contributed by atoms with van der Waals surface area (Å²) in [7, 11) is 1.86. The maximum Gasteiger partial charge on any atom is 0.259 e. The molecular weight excluding hydrogens is 316 g/mol. The van der Waals surface area contributed by atoms with Crippen LogP contribution in [0.15, 0.2) is 49.1 Å². The van der Waals surface area contributed by atoms with Crippen molar-refractivity contribution in [3.63, 3.8) is 0 Å². The number of amides is 1. The van der Waals surface area contributed by atoms with Gasteiger partial charge in [0.2, 0.25) is 0 Å². The van der Waals surface area contributed by atoms with Gasteiger partial charge in [-0.3, -0.25) is 4.79 Å². The maximum atomic E-state index is 13.0. The standard InChI is InChI=1S/C18H20N6O/c1-22(18(25)15-12-21-24-11-5-9-20-17(15)24)14-6-4-10-23(13-14)16-7-2-3-8-19-16/h2-3,5,7-9,11-12,14H,4,6,10,13H2,1H3/t14-/m0/s1. The summed E-state index contributed by atoms with van der Waals surface area (Å²) in [5.41, 5.74) is 1.13. The highest BCUT2D eigenvalue weighted by molar-refractivity contribution is 5.99. The second-order valence-corrected chi connectivity index (χ2v) is 6.29. The van der Waals surface area contributed by atoms with Crippen molar-refractivity contribution < 1.29 is 4.79 Å². The smallest absolute Gasteiger partial charge is 0.259 e. The fraction of sp³-hybridized carbons (Fsp3) is 0.333. The third-order valence-corrected chi connectivity index (χ3v) is 4.75. The Hall–Kier alpha value is -2.96. The Labute approximate surface area is 145 Å². The lowest BCUT2D eigenvalue weighted by Crippen LogP contribution is -2.48. The van der Waals surface area contributed by atoms with Gasteiger partial charge in [0.25, 0.3) is 5.91 Å². The number of aromatic nitrogens is 4. The number of carbonyl (C=O) groups excluding carboxylic acids is 1. The van der Waals surface area contributed by atoms with Crippen molar-refractivity contribution >= 4 is 17.4 Å². The Kier molecular flexibility index (Phi) is 4.05. The normalized spacial score (nSPS) is 17.6. The number of hydrogen-bond acceptors (Lipinski definition) is 5. The van der Waals surface area contributed by atoms with E-state index in [-0.39, 0.29) is 11.9 Å². The molecular formula is C18H20N6O. The van der Waals surface area contributed by atoms with Crippen LogP contribution in [0.2, 0.25) is 0 Å². The molecule has 1 amide bonds. The first-order valence-corrected chi connectivity index (χ1v) is 8.45. The molecule has 3 aromatic heterocycles. The molecule has 0 bridgehead atoms. The zero-order chi connectivity index (χ0) is 17.2. The molecule has 1 aliphatic heterocycles. The predicted molar refractivity (Wildman–Crippen MR) is 94.6 cm³/mol. The molecule has 0 saturated carbocycles. The first-order chi connectivity index (χ1) is 12.2. The van der Waals surface area contributed by atoms with Gasteiger partial charge in [-0.25, -0.2) is 14.5 Å². The third-order valence-electron chi connectivity index (χ3n) is 4.75. The molecule has 7 heteroatoms. The molecule has 128 valence electrons. The highest BCUT2D eigenvalue weighted by Crippen LogP contribution is 2.21. The fourth-order valence-corrected chi connectivity index (χ4v) is 3.35. The van der Waals surface area contributed by atoms with Gasteiger partial charge in [-0.2, -0.15) is 5.10 Å². The first kappa shape index (κ1) is 15.6. The van der Waals surface area contributed by atoms with Gasteiger partial charge in [0, 0.05) is 44.8 Å². The number of piperidine rings is 1. The molecule has 1 aliphatic rings. The molecule has 7 nitrogen and oxygen atoms in total. The molecule has 0 spiro atoms. The van der Waals surface area contributed by atoms with Gasteiger partial charge in [0.15, 0.2) is 5.65 Å². The summed E-state index contributed by atoms with van der Waals surface area (Å²) in [6.45, 7) is 1.75. The van der Waals surface area contributed by atoms with Crippen LogP contribution in [-0.4, -0.2) is 56.6 Å². The van der Waals surface area contributed by atoms with Gasteiger partial charge in [0.05, 0.1) is 6.20 Å². The molecule has 25 heavy (non-hydrogen) atoms. The van der Waals surface area contributed by atoms with E-state index in [0.717, 1.165) is 31.7 Å². The van der Waals surface area contributed by atoms with Crippen LogP contribution in [0.1, 0.15) is 23.2 Å². The van der Waals surface area contributed by atoms with Gasteiger partial charge in [0.1, 0.15) is 11.4 Å². The second-order valence-electron chi connectivity index (χ2n) is 6.29. The Bertz CT molecular complexity index is 877. The minimum absolute atomic E-state index is 0.0402. The number of fused-ring (bicyclic) bond motifs is 1. The van der Waals surface area contributed by atoms with Crippen LogP contribution in [0.3, 0.4) is 0 Å². The van der Waals surface area contributed by atoms with Crippen molar-refractivity contribution in [2.45, 2.75) is 18.9 Å². The summed E-state index contributed by atoms with van der Waals surface area (Å²) in [6, 6.07) is 7.86. The van der Waals surface area contributed by atoms with Crippen molar-refractivity contribution in [3.8, 4) is 0 Å². The molecule has 4 heterocycles. The summed E-state index contributed by atoms with van der Waals surface area (Å²) < 4.78 is 1.63. The van der Waals surface area contributed by atoms with E-state index in [1.807, 2.05) is 30.1 Å². The van der Waals surface area contributed by atoms with Crippen molar-refractivity contribution in [2.75, 3.05) is 25.0 Å². The molecule has 1 atom stereocenters. The lowest BCUT2D eigenvalue weighted by atomic mass is 10.0. The van der Waals surface area contributed by atoms with Gasteiger partial charge >= 0.3 is 0 Å². The van der Waals surface area contributed by atoms with Crippen LogP contribution in [-0.2, 0) is 0 Å². The largest absolute Gasteiger partial charge is 0.355 e. The summed E-state index contributed by atoms with van der Waals surface area (Å²) in [5, 5.41) is 4.22. The minimum atomic E-state index is -0.0402. The van der Waals surface area contributed by atoms with E-state index in [9.17, 15) is 4.79 Å². The van der Waals surface area contributed by atoms with E-state index in [1.54, 1.807) is 35.4 Å². The Morgan fingerprint density at radius 1 is 1.24 bits per heavy atom. The van der Waals surface area contributed by atoms with Gasteiger partial charge in [-0.05, 0) is 31.0 Å². The Morgan fingerprint density at radius 2 is 2.12 bits per heavy atom. The molecule has 4 rings (SSSR count). The second kappa shape index (κ2) is 6.51. The molecule has 3 aromatic rings. The van der Waals surface area contributed by atoms with Crippen LogP contribution in [0.5, 0.6) is 0 Å². The average Bonchev–Trinajstić information content (AvgIpc) is 3.12. The molecule has 0 N–H and O–H groups in total. The van der Waals surface area contributed by atoms with E-state index in [4.69, 9.17) is 0 Å². The van der Waals surface area contributed by atoms with Gasteiger partial charge in [-0.15, -0.1) is 0 Å². The van der Waals surface area contributed by atoms with E-state index in [0.29, 0.717) is 11.2 Å². The first-order valence-electron chi connectivity index (χ1n) is 8.45. The molecule has 0 aliphatic carbocycles. The minimum Gasteiger partial charge on any atom is -0.355 e. The van der Waals surface area contributed by atoms with Gasteiger partial charge in [-0.1, -0.05) is 6.07 Å². The van der Waals surface area contributed by atoms with E-state index in [1.165, 1.54) is 0 Å². The predicted octanol–water partition coefficient (Wildman–Crippen LogP) is 1.87. The number of carbonyl (C=O) groups is 1. The molecule has 1 fully saturated rings. The fourth-order valence-electron chi connectivity index (χ4n) is 3.35. The number of rotatable bonds is 3. The molecule has 0 unspecified atom stereocenters. The number of nitrogens with zero attached hydrogens (tertiary/aromatic N) is 6. The molecule has 0 aromatic carbocycles. The highest BCUT2D eigenvalue weighted by Gasteiger charge is 2.28. The average molecular weight is 336 g/mol. The van der Waals surface area contributed by atoms with E-state index in [2.05, 4.69) is 20.0 Å². The number of pyridine rings is 1. The topological polar surface area (TPSA) is 66.6 Å². The van der Waals surface area contributed by atoms with Crippen LogP contribution in [0.4, 0.5) is 5.82 Å². The Morgan fingerprint density at radius 3 is 2.96 bits per heavy atom. The van der Waals surface area contributed by atoms with E-state index >= 15 is 0 Å². The summed E-state index contributed by atoms with van der Waals surface area (Å²) in [4.78, 5) is 25.7. The summed E-state index contributed by atoms with van der Waals surface area (Å²) >= 11 is 0. The van der Waals surface area contributed by atoms with Gasteiger partial charge < -0.3 is 9.80 Å². The third kappa shape index (κ3) is 2.93. The van der Waals surface area contributed by atoms with Crippen LogP contribution in [0.25, 0.3) is 5.65 Å². The quantitative estimate of drug-likeness (QED) is 0.730.